The third-order valence-corrected chi connectivity index (χ3v) is 4.49. The number of piperidine rings is 1. The summed E-state index contributed by atoms with van der Waals surface area (Å²) in [5.74, 6) is 0.988. The number of morpholine rings is 1. The largest absolute Gasteiger partial charge is 0.378 e. The average Bonchev–Trinajstić information content (AvgIpc) is 2.55. The number of likely N-dealkylation sites (tertiary alicyclic amines) is 1. The second-order valence-corrected chi connectivity index (χ2v) is 6.23. The molecule has 0 bridgehead atoms. The van der Waals surface area contributed by atoms with Crippen molar-refractivity contribution >= 4 is 11.7 Å². The number of hydrogen-bond donors (Lipinski definition) is 0. The first-order valence-corrected chi connectivity index (χ1v) is 8.27. The van der Waals surface area contributed by atoms with E-state index in [2.05, 4.69) is 4.90 Å². The van der Waals surface area contributed by atoms with Crippen LogP contribution in [-0.2, 0) is 4.74 Å². The number of pyridine rings is 1. The van der Waals surface area contributed by atoms with Gasteiger partial charge >= 0.3 is 0 Å². The van der Waals surface area contributed by atoms with Crippen LogP contribution < -0.4 is 4.90 Å². The Morgan fingerprint density at radius 1 is 1.09 bits per heavy atom. The van der Waals surface area contributed by atoms with Gasteiger partial charge in [0.15, 0.2) is 0 Å². The van der Waals surface area contributed by atoms with E-state index >= 15 is 0 Å². The summed E-state index contributed by atoms with van der Waals surface area (Å²) in [4.78, 5) is 21.9. The van der Waals surface area contributed by atoms with Crippen LogP contribution in [0, 0.1) is 13.8 Å². The van der Waals surface area contributed by atoms with E-state index in [9.17, 15) is 4.79 Å². The fraction of sp³-hybridized carbons (Fsp3) is 0.647. The summed E-state index contributed by atoms with van der Waals surface area (Å²) < 4.78 is 5.43. The minimum atomic E-state index is 0.145. The predicted octanol–water partition coefficient (Wildman–Crippen LogP) is 2.16. The third kappa shape index (κ3) is 3.09. The zero-order chi connectivity index (χ0) is 15.5. The lowest BCUT2D eigenvalue weighted by atomic mass is 10.0. The van der Waals surface area contributed by atoms with Crippen LogP contribution in [0.4, 0.5) is 5.82 Å². The van der Waals surface area contributed by atoms with Crippen molar-refractivity contribution < 1.29 is 9.53 Å². The summed E-state index contributed by atoms with van der Waals surface area (Å²) >= 11 is 0. The topological polar surface area (TPSA) is 45.7 Å². The SMILES string of the molecule is Cc1cc(C)c(C(=O)N2CCCCC2)c(N2CCOCC2)n1. The van der Waals surface area contributed by atoms with Gasteiger partial charge in [-0.05, 0) is 44.7 Å². The van der Waals surface area contributed by atoms with Crippen molar-refractivity contribution in [1.29, 1.82) is 0 Å². The molecule has 0 aliphatic carbocycles. The highest BCUT2D eigenvalue weighted by atomic mass is 16.5. The van der Waals surface area contributed by atoms with Crippen molar-refractivity contribution in [2.24, 2.45) is 0 Å². The highest BCUT2D eigenvalue weighted by Gasteiger charge is 2.27. The number of hydrogen-bond acceptors (Lipinski definition) is 4. The van der Waals surface area contributed by atoms with Crippen LogP contribution in [0.3, 0.4) is 0 Å². The third-order valence-electron chi connectivity index (χ3n) is 4.49. The Labute approximate surface area is 132 Å². The number of anilines is 1. The van der Waals surface area contributed by atoms with Gasteiger partial charge in [0.25, 0.3) is 5.91 Å². The van der Waals surface area contributed by atoms with Crippen LogP contribution in [0.2, 0.25) is 0 Å². The molecule has 2 saturated heterocycles. The van der Waals surface area contributed by atoms with Crippen molar-refractivity contribution in [2.45, 2.75) is 33.1 Å². The first kappa shape index (κ1) is 15.3. The molecule has 3 heterocycles. The van der Waals surface area contributed by atoms with Crippen molar-refractivity contribution in [3.63, 3.8) is 0 Å². The second kappa shape index (κ2) is 6.65. The van der Waals surface area contributed by atoms with E-state index < -0.39 is 0 Å². The Morgan fingerprint density at radius 3 is 2.45 bits per heavy atom. The van der Waals surface area contributed by atoms with Crippen molar-refractivity contribution in [3.05, 3.63) is 22.9 Å². The average molecular weight is 303 g/mol. The fourth-order valence-corrected chi connectivity index (χ4v) is 3.34. The van der Waals surface area contributed by atoms with Gasteiger partial charge in [-0.2, -0.15) is 0 Å². The zero-order valence-electron chi connectivity index (χ0n) is 13.6. The van der Waals surface area contributed by atoms with Crippen LogP contribution in [0.1, 0.15) is 40.9 Å². The van der Waals surface area contributed by atoms with Gasteiger partial charge in [0.1, 0.15) is 5.82 Å². The number of carbonyl (C=O) groups is 1. The molecule has 1 aromatic rings. The second-order valence-electron chi connectivity index (χ2n) is 6.23. The Kier molecular flexibility index (Phi) is 4.62. The van der Waals surface area contributed by atoms with Crippen LogP contribution in [0.5, 0.6) is 0 Å². The van der Waals surface area contributed by atoms with Crippen molar-refractivity contribution in [3.8, 4) is 0 Å². The van der Waals surface area contributed by atoms with Crippen LogP contribution >= 0.6 is 0 Å². The molecule has 5 nitrogen and oxygen atoms in total. The quantitative estimate of drug-likeness (QED) is 0.840. The van der Waals surface area contributed by atoms with E-state index in [1.165, 1.54) is 6.42 Å². The molecule has 120 valence electrons. The van der Waals surface area contributed by atoms with E-state index in [1.54, 1.807) is 0 Å². The Bertz CT molecular complexity index is 547. The number of nitrogens with zero attached hydrogens (tertiary/aromatic N) is 3. The van der Waals surface area contributed by atoms with Gasteiger partial charge in [0, 0.05) is 31.9 Å². The molecule has 0 saturated carbocycles. The molecule has 2 fully saturated rings. The van der Waals surface area contributed by atoms with Crippen LogP contribution in [0.25, 0.3) is 0 Å². The minimum absolute atomic E-state index is 0.145. The number of ether oxygens (including phenoxy) is 1. The lowest BCUT2D eigenvalue weighted by molar-refractivity contribution is 0.0722. The molecular weight excluding hydrogens is 278 g/mol. The first-order chi connectivity index (χ1) is 10.7. The first-order valence-electron chi connectivity index (χ1n) is 8.27. The minimum Gasteiger partial charge on any atom is -0.378 e. The number of aryl methyl sites for hydroxylation is 2. The molecule has 0 N–H and O–H groups in total. The number of aromatic nitrogens is 1. The van der Waals surface area contributed by atoms with Crippen molar-refractivity contribution in [2.75, 3.05) is 44.3 Å². The van der Waals surface area contributed by atoms with Gasteiger partial charge in [-0.1, -0.05) is 0 Å². The Morgan fingerprint density at radius 2 is 1.77 bits per heavy atom. The molecule has 0 spiro atoms. The molecule has 0 unspecified atom stereocenters. The molecule has 2 aliphatic heterocycles. The number of carbonyl (C=O) groups excluding carboxylic acids is 1. The van der Waals surface area contributed by atoms with Gasteiger partial charge in [0.2, 0.25) is 0 Å². The van der Waals surface area contributed by atoms with E-state index in [4.69, 9.17) is 9.72 Å². The number of amides is 1. The normalized spacial score (nSPS) is 19.4. The molecule has 2 aliphatic rings. The van der Waals surface area contributed by atoms with Gasteiger partial charge in [-0.25, -0.2) is 4.98 Å². The Balaban J connectivity index is 1.95. The van der Waals surface area contributed by atoms with E-state index in [1.807, 2.05) is 24.8 Å². The highest BCUT2D eigenvalue weighted by molar-refractivity contribution is 6.00. The van der Waals surface area contributed by atoms with E-state index in [0.29, 0.717) is 13.2 Å². The standard InChI is InChI=1S/C17H25N3O2/c1-13-12-14(2)18-16(19-8-10-22-11-9-19)15(13)17(21)20-6-4-3-5-7-20/h12H,3-11H2,1-2H3. The molecule has 5 heteroatoms. The summed E-state index contributed by atoms with van der Waals surface area (Å²) in [5.41, 5.74) is 2.79. The summed E-state index contributed by atoms with van der Waals surface area (Å²) in [6.45, 7) is 8.76. The van der Waals surface area contributed by atoms with Gasteiger partial charge in [-0.3, -0.25) is 4.79 Å². The summed E-state index contributed by atoms with van der Waals surface area (Å²) in [6, 6.07) is 2.02. The Hall–Kier alpha value is -1.62. The lowest BCUT2D eigenvalue weighted by Gasteiger charge is -2.32. The molecular formula is C17H25N3O2. The summed E-state index contributed by atoms with van der Waals surface area (Å²) in [5, 5.41) is 0. The lowest BCUT2D eigenvalue weighted by Crippen LogP contribution is -2.41. The molecule has 1 amide bonds. The van der Waals surface area contributed by atoms with Crippen molar-refractivity contribution in [1.82, 2.24) is 9.88 Å². The monoisotopic (exact) mass is 303 g/mol. The van der Waals surface area contributed by atoms with E-state index in [-0.39, 0.29) is 5.91 Å². The maximum Gasteiger partial charge on any atom is 0.257 e. The van der Waals surface area contributed by atoms with Crippen LogP contribution in [-0.4, -0.2) is 55.2 Å². The highest BCUT2D eigenvalue weighted by Crippen LogP contribution is 2.26. The maximum absolute atomic E-state index is 13.0. The fourth-order valence-electron chi connectivity index (χ4n) is 3.34. The van der Waals surface area contributed by atoms with Crippen LogP contribution in [0.15, 0.2) is 6.07 Å². The molecule has 22 heavy (non-hydrogen) atoms. The van der Waals surface area contributed by atoms with E-state index in [0.717, 1.165) is 61.7 Å². The molecule has 0 atom stereocenters. The molecule has 0 radical (unpaired) electrons. The number of rotatable bonds is 2. The molecule has 3 rings (SSSR count). The zero-order valence-corrected chi connectivity index (χ0v) is 13.6. The summed E-state index contributed by atoms with van der Waals surface area (Å²) in [6.07, 6.45) is 3.44. The van der Waals surface area contributed by atoms with Gasteiger partial charge in [-0.15, -0.1) is 0 Å². The maximum atomic E-state index is 13.0. The van der Waals surface area contributed by atoms with Gasteiger partial charge in [0.05, 0.1) is 18.8 Å². The van der Waals surface area contributed by atoms with Gasteiger partial charge < -0.3 is 14.5 Å². The summed E-state index contributed by atoms with van der Waals surface area (Å²) in [7, 11) is 0. The smallest absolute Gasteiger partial charge is 0.257 e. The molecule has 1 aromatic heterocycles. The predicted molar refractivity (Wildman–Crippen MR) is 86.5 cm³/mol. The molecule has 0 aromatic carbocycles.